The first-order chi connectivity index (χ1) is 18.2. The molecule has 38 heavy (non-hydrogen) atoms. The summed E-state index contributed by atoms with van der Waals surface area (Å²) in [6.07, 6.45) is 0. The highest BCUT2D eigenvalue weighted by molar-refractivity contribution is 5.79. The van der Waals surface area contributed by atoms with E-state index in [1.165, 1.54) is 107 Å². The Morgan fingerprint density at radius 2 is 0.711 bits per heavy atom. The number of hydrogen-bond acceptors (Lipinski definition) is 10. The van der Waals surface area contributed by atoms with Crippen molar-refractivity contribution >= 4 is 45.5 Å². The fourth-order valence-corrected chi connectivity index (χ4v) is 3.67. The standard InChI is InChI=1S/C24H16N6O8/c31-27(32)19-11-7-17(8-12-19)25(18-9-13-20(14-10-18)28(33)34)26(21-3-1-5-23(15-21)29(35)36)22-4-2-6-24(16-22)30(37)38/h1-16H. The van der Waals surface area contributed by atoms with Crippen molar-refractivity contribution in [1.82, 2.24) is 0 Å². The molecule has 0 aliphatic heterocycles. The summed E-state index contributed by atoms with van der Waals surface area (Å²) in [6.45, 7) is 0. The molecule has 4 aromatic carbocycles. The van der Waals surface area contributed by atoms with Gasteiger partial charge in [-0.25, -0.2) is 10.0 Å². The van der Waals surface area contributed by atoms with Crippen LogP contribution in [0.3, 0.4) is 0 Å². The zero-order valence-corrected chi connectivity index (χ0v) is 19.2. The molecular formula is C24H16N6O8. The topological polar surface area (TPSA) is 179 Å². The van der Waals surface area contributed by atoms with E-state index in [1.807, 2.05) is 0 Å². The number of nitro benzene ring substituents is 4. The summed E-state index contributed by atoms with van der Waals surface area (Å²) in [4.78, 5) is 43.1. The van der Waals surface area contributed by atoms with E-state index in [0.717, 1.165) is 0 Å². The fraction of sp³-hybridized carbons (Fsp3) is 0. The van der Waals surface area contributed by atoms with Crippen LogP contribution in [0.15, 0.2) is 97.1 Å². The lowest BCUT2D eigenvalue weighted by atomic mass is 10.2. The van der Waals surface area contributed by atoms with E-state index in [-0.39, 0.29) is 34.1 Å². The van der Waals surface area contributed by atoms with Gasteiger partial charge in [-0.2, -0.15) is 0 Å². The molecule has 14 heteroatoms. The van der Waals surface area contributed by atoms with Gasteiger partial charge in [0.1, 0.15) is 0 Å². The van der Waals surface area contributed by atoms with Crippen molar-refractivity contribution in [3.8, 4) is 0 Å². The highest BCUT2D eigenvalue weighted by atomic mass is 16.6. The van der Waals surface area contributed by atoms with E-state index in [9.17, 15) is 40.5 Å². The van der Waals surface area contributed by atoms with Gasteiger partial charge in [-0.15, -0.1) is 0 Å². The molecule has 14 nitrogen and oxygen atoms in total. The second kappa shape index (κ2) is 10.4. The van der Waals surface area contributed by atoms with Crippen LogP contribution < -0.4 is 10.0 Å². The van der Waals surface area contributed by atoms with Gasteiger partial charge in [-0.3, -0.25) is 40.5 Å². The highest BCUT2D eigenvalue weighted by Crippen LogP contribution is 2.39. The van der Waals surface area contributed by atoms with Gasteiger partial charge in [0, 0.05) is 48.5 Å². The van der Waals surface area contributed by atoms with Crippen LogP contribution in [-0.4, -0.2) is 19.7 Å². The second-order valence-electron chi connectivity index (χ2n) is 7.72. The number of benzene rings is 4. The van der Waals surface area contributed by atoms with E-state index in [1.54, 1.807) is 0 Å². The lowest BCUT2D eigenvalue weighted by molar-refractivity contribution is -0.385. The summed E-state index contributed by atoms with van der Waals surface area (Å²) in [5, 5.41) is 48.4. The fourth-order valence-electron chi connectivity index (χ4n) is 3.67. The van der Waals surface area contributed by atoms with Gasteiger partial charge in [-0.1, -0.05) is 12.1 Å². The Morgan fingerprint density at radius 1 is 0.395 bits per heavy atom. The van der Waals surface area contributed by atoms with E-state index in [2.05, 4.69) is 0 Å². The number of hydrogen-bond donors (Lipinski definition) is 0. The van der Waals surface area contributed by atoms with Crippen molar-refractivity contribution < 1.29 is 19.7 Å². The first kappa shape index (κ1) is 25.2. The maximum atomic E-state index is 11.5. The monoisotopic (exact) mass is 516 g/mol. The van der Waals surface area contributed by atoms with Crippen molar-refractivity contribution in [2.45, 2.75) is 0 Å². The van der Waals surface area contributed by atoms with Gasteiger partial charge in [0.25, 0.3) is 22.7 Å². The molecule has 0 spiro atoms. The predicted octanol–water partition coefficient (Wildman–Crippen LogP) is 6.21. The molecule has 0 saturated carbocycles. The van der Waals surface area contributed by atoms with Crippen molar-refractivity contribution in [3.05, 3.63) is 138 Å². The number of rotatable bonds is 9. The van der Waals surface area contributed by atoms with Crippen molar-refractivity contribution in [3.63, 3.8) is 0 Å². The first-order valence-electron chi connectivity index (χ1n) is 10.7. The Labute approximate surface area is 213 Å². The van der Waals surface area contributed by atoms with Crippen molar-refractivity contribution in [1.29, 1.82) is 0 Å². The number of hydrazine groups is 1. The molecule has 4 rings (SSSR count). The molecule has 0 bridgehead atoms. The number of nitro groups is 4. The van der Waals surface area contributed by atoms with Crippen LogP contribution in [0, 0.1) is 40.5 Å². The van der Waals surface area contributed by atoms with Gasteiger partial charge < -0.3 is 0 Å². The smallest absolute Gasteiger partial charge is 0.258 e. The van der Waals surface area contributed by atoms with Gasteiger partial charge >= 0.3 is 0 Å². The zero-order chi connectivity index (χ0) is 27.4. The molecule has 0 saturated heterocycles. The molecule has 190 valence electrons. The molecule has 0 radical (unpaired) electrons. The molecule has 0 N–H and O–H groups in total. The number of non-ortho nitro benzene ring substituents is 4. The summed E-state index contributed by atoms with van der Waals surface area (Å²) in [5.41, 5.74) is 0.164. The molecular weight excluding hydrogens is 500 g/mol. The number of anilines is 4. The minimum absolute atomic E-state index is 0.199. The summed E-state index contributed by atoms with van der Waals surface area (Å²) >= 11 is 0. The lowest BCUT2D eigenvalue weighted by Gasteiger charge is -2.38. The molecule has 0 aliphatic carbocycles. The highest BCUT2D eigenvalue weighted by Gasteiger charge is 2.25. The third kappa shape index (κ3) is 5.18. The summed E-state index contributed by atoms with van der Waals surface area (Å²) < 4.78 is 0. The molecule has 0 aliphatic rings. The maximum Gasteiger partial charge on any atom is 0.271 e. The zero-order valence-electron chi connectivity index (χ0n) is 19.2. The molecule has 0 fully saturated rings. The van der Waals surface area contributed by atoms with Crippen molar-refractivity contribution in [2.24, 2.45) is 0 Å². The van der Waals surface area contributed by atoms with E-state index >= 15 is 0 Å². The Morgan fingerprint density at radius 3 is 1.03 bits per heavy atom. The van der Waals surface area contributed by atoms with Crippen LogP contribution in [0.4, 0.5) is 45.5 Å². The van der Waals surface area contributed by atoms with Crippen molar-refractivity contribution in [2.75, 3.05) is 10.0 Å². The molecule has 4 aromatic rings. The predicted molar refractivity (Wildman–Crippen MR) is 137 cm³/mol. The normalized spacial score (nSPS) is 10.4. The second-order valence-corrected chi connectivity index (χ2v) is 7.72. The van der Waals surface area contributed by atoms with Crippen LogP contribution in [0.2, 0.25) is 0 Å². The van der Waals surface area contributed by atoms with Crippen LogP contribution in [0.25, 0.3) is 0 Å². The SMILES string of the molecule is O=[N+]([O-])c1ccc(N(c2ccc([N+](=O)[O-])cc2)N(c2cccc([N+](=O)[O-])c2)c2cccc([N+](=O)[O-])c2)cc1. The average Bonchev–Trinajstić information content (AvgIpc) is 2.92. The Bertz CT molecular complexity index is 1430. The Hall–Kier alpha value is -5.92. The molecule has 0 atom stereocenters. The first-order valence-corrected chi connectivity index (χ1v) is 10.7. The molecule has 0 aromatic heterocycles. The van der Waals surface area contributed by atoms with Gasteiger partial charge in [-0.05, 0) is 36.4 Å². The summed E-state index contributed by atoms with van der Waals surface area (Å²) in [7, 11) is 0. The van der Waals surface area contributed by atoms with Gasteiger partial charge in [0.05, 0.1) is 42.4 Å². The number of nitrogens with zero attached hydrogens (tertiary/aromatic N) is 6. The van der Waals surface area contributed by atoms with E-state index < -0.39 is 19.7 Å². The van der Waals surface area contributed by atoms with E-state index in [0.29, 0.717) is 11.4 Å². The Kier molecular flexibility index (Phi) is 6.87. The van der Waals surface area contributed by atoms with Crippen LogP contribution in [0.5, 0.6) is 0 Å². The minimum Gasteiger partial charge on any atom is -0.258 e. The quantitative estimate of drug-likeness (QED) is 0.183. The molecule has 0 amide bonds. The summed E-state index contributed by atoms with van der Waals surface area (Å²) in [6, 6.07) is 21.6. The van der Waals surface area contributed by atoms with Crippen LogP contribution >= 0.6 is 0 Å². The third-order valence-electron chi connectivity index (χ3n) is 5.38. The lowest BCUT2D eigenvalue weighted by Crippen LogP contribution is -2.35. The van der Waals surface area contributed by atoms with Crippen LogP contribution in [0.1, 0.15) is 0 Å². The largest absolute Gasteiger partial charge is 0.271 e. The minimum atomic E-state index is -0.600. The third-order valence-corrected chi connectivity index (χ3v) is 5.38. The van der Waals surface area contributed by atoms with E-state index in [4.69, 9.17) is 0 Å². The molecule has 0 unspecified atom stereocenters. The molecule has 0 heterocycles. The van der Waals surface area contributed by atoms with Crippen LogP contribution in [-0.2, 0) is 0 Å². The Balaban J connectivity index is 2.00. The maximum absolute atomic E-state index is 11.5. The van der Waals surface area contributed by atoms with Gasteiger partial charge in [0.15, 0.2) is 0 Å². The average molecular weight is 516 g/mol. The van der Waals surface area contributed by atoms with Gasteiger partial charge in [0.2, 0.25) is 0 Å². The summed E-state index contributed by atoms with van der Waals surface area (Å²) in [5.74, 6) is 0.